The molecule has 1 heterocycles. The Morgan fingerprint density at radius 2 is 1.75 bits per heavy atom. The van der Waals surface area contributed by atoms with E-state index in [1.165, 1.54) is 23.5 Å². The largest absolute Gasteiger partial charge is 0.481 e. The molecule has 2 N–H and O–H groups in total. The second kappa shape index (κ2) is 8.18. The maximum Gasteiger partial charge on any atom is 0.303 e. The lowest BCUT2D eigenvalue weighted by Gasteiger charge is -2.05. The fourth-order valence-corrected chi connectivity index (χ4v) is 4.02. The summed E-state index contributed by atoms with van der Waals surface area (Å²) in [6.07, 6.45) is 0.238. The van der Waals surface area contributed by atoms with Crippen LogP contribution in [0.1, 0.15) is 27.4 Å². The van der Waals surface area contributed by atoms with Gasteiger partial charge in [-0.1, -0.05) is 18.2 Å². The molecule has 0 saturated heterocycles. The summed E-state index contributed by atoms with van der Waals surface area (Å²) in [5.41, 5.74) is 0. The summed E-state index contributed by atoms with van der Waals surface area (Å²) >= 11 is 1.26. The van der Waals surface area contributed by atoms with Crippen molar-refractivity contribution in [1.29, 1.82) is 0 Å². The van der Waals surface area contributed by atoms with Crippen LogP contribution >= 0.6 is 11.3 Å². The van der Waals surface area contributed by atoms with Crippen LogP contribution in [0.15, 0.2) is 47.4 Å². The number of carbonyl (C=O) groups excluding carboxylic acids is 1. The predicted molar refractivity (Wildman–Crippen MR) is 90.9 cm³/mol. The van der Waals surface area contributed by atoms with Crippen molar-refractivity contribution in [2.24, 2.45) is 0 Å². The molecule has 2 aromatic rings. The van der Waals surface area contributed by atoms with Gasteiger partial charge in [-0.25, -0.2) is 13.1 Å². The Hall–Kier alpha value is -2.03. The highest BCUT2D eigenvalue weighted by molar-refractivity contribution is 7.89. The van der Waals surface area contributed by atoms with Crippen LogP contribution < -0.4 is 4.72 Å². The van der Waals surface area contributed by atoms with E-state index >= 15 is 0 Å². The Bertz CT molecular complexity index is 812. The fourth-order valence-electron chi connectivity index (χ4n) is 2.00. The summed E-state index contributed by atoms with van der Waals surface area (Å²) < 4.78 is 26.7. The topological polar surface area (TPSA) is 101 Å². The molecule has 0 bridgehead atoms. The lowest BCUT2D eigenvalue weighted by molar-refractivity contribution is -0.136. The van der Waals surface area contributed by atoms with Gasteiger partial charge in [-0.3, -0.25) is 9.59 Å². The third-order valence-corrected chi connectivity index (χ3v) is 5.88. The van der Waals surface area contributed by atoms with E-state index in [0.29, 0.717) is 11.3 Å². The molecule has 0 saturated carbocycles. The van der Waals surface area contributed by atoms with Crippen LogP contribution in [-0.2, 0) is 21.2 Å². The van der Waals surface area contributed by atoms with Crippen molar-refractivity contribution in [3.8, 4) is 0 Å². The van der Waals surface area contributed by atoms with Crippen LogP contribution in [0.25, 0.3) is 0 Å². The minimum Gasteiger partial charge on any atom is -0.481 e. The minimum atomic E-state index is -3.54. The first-order chi connectivity index (χ1) is 11.4. The summed E-state index contributed by atoms with van der Waals surface area (Å²) in [6, 6.07) is 11.5. The third kappa shape index (κ3) is 5.26. The number of aliphatic carboxylic acids is 1. The second-order valence-corrected chi connectivity index (χ2v) is 7.98. The number of benzene rings is 1. The van der Waals surface area contributed by atoms with Gasteiger partial charge in [0.05, 0.1) is 16.2 Å². The number of sulfonamides is 1. The molecule has 0 aliphatic heterocycles. The smallest absolute Gasteiger partial charge is 0.303 e. The molecule has 8 heteroatoms. The number of carboxylic acids is 1. The summed E-state index contributed by atoms with van der Waals surface area (Å²) in [5, 5.41) is 8.59. The lowest BCUT2D eigenvalue weighted by atomic mass is 10.2. The lowest BCUT2D eigenvalue weighted by Crippen LogP contribution is -2.25. The van der Waals surface area contributed by atoms with Crippen LogP contribution in [0.3, 0.4) is 0 Å². The number of rotatable bonds is 9. The van der Waals surface area contributed by atoms with E-state index in [1.807, 2.05) is 0 Å². The third-order valence-electron chi connectivity index (χ3n) is 3.22. The number of hydrogen-bond donors (Lipinski definition) is 2. The van der Waals surface area contributed by atoms with E-state index in [4.69, 9.17) is 5.11 Å². The van der Waals surface area contributed by atoms with Crippen LogP contribution in [0.4, 0.5) is 0 Å². The fraction of sp³-hybridized carbons (Fsp3) is 0.250. The molecule has 0 aliphatic carbocycles. The number of Topliss-reactive ketones (excluding diaryl/α,β-unsaturated/α-hetero) is 1. The molecule has 128 valence electrons. The quantitative estimate of drug-likeness (QED) is 0.663. The van der Waals surface area contributed by atoms with E-state index in [-0.39, 0.29) is 30.1 Å². The summed E-state index contributed by atoms with van der Waals surface area (Å²) in [4.78, 5) is 23.9. The van der Waals surface area contributed by atoms with Gasteiger partial charge in [-0.05, 0) is 30.7 Å². The van der Waals surface area contributed by atoms with Crippen molar-refractivity contribution in [3.63, 3.8) is 0 Å². The number of ketones is 1. The summed E-state index contributed by atoms with van der Waals surface area (Å²) in [6.45, 7) is 0.223. The zero-order chi connectivity index (χ0) is 17.6. The van der Waals surface area contributed by atoms with Gasteiger partial charge >= 0.3 is 5.97 Å². The molecule has 6 nitrogen and oxygen atoms in total. The second-order valence-electron chi connectivity index (χ2n) is 5.04. The van der Waals surface area contributed by atoms with Crippen LogP contribution in [-0.4, -0.2) is 31.8 Å². The van der Waals surface area contributed by atoms with E-state index in [1.54, 1.807) is 30.3 Å². The zero-order valence-corrected chi connectivity index (χ0v) is 14.4. The number of nitrogens with one attached hydrogen (secondary N) is 1. The highest BCUT2D eigenvalue weighted by Gasteiger charge is 2.14. The number of thiophene rings is 1. The van der Waals surface area contributed by atoms with E-state index in [0.717, 1.165) is 4.88 Å². The molecule has 0 aliphatic rings. The molecule has 0 spiro atoms. The Kier molecular flexibility index (Phi) is 6.24. The molecule has 24 heavy (non-hydrogen) atoms. The number of carbonyl (C=O) groups is 2. The van der Waals surface area contributed by atoms with Crippen molar-refractivity contribution < 1.29 is 23.1 Å². The van der Waals surface area contributed by atoms with Gasteiger partial charge in [0.15, 0.2) is 5.78 Å². The van der Waals surface area contributed by atoms with Crippen molar-refractivity contribution in [2.45, 2.75) is 24.2 Å². The van der Waals surface area contributed by atoms with E-state index in [9.17, 15) is 18.0 Å². The zero-order valence-electron chi connectivity index (χ0n) is 12.8. The van der Waals surface area contributed by atoms with Crippen LogP contribution in [0, 0.1) is 0 Å². The summed E-state index contributed by atoms with van der Waals surface area (Å²) in [5.74, 6) is -1.21. The first-order valence-electron chi connectivity index (χ1n) is 7.27. The molecule has 0 atom stereocenters. The molecule has 1 aromatic heterocycles. The van der Waals surface area contributed by atoms with E-state index in [2.05, 4.69) is 4.72 Å². The Morgan fingerprint density at radius 3 is 2.42 bits per heavy atom. The predicted octanol–water partition coefficient (Wildman–Crippen LogP) is 2.32. The molecule has 0 amide bonds. The van der Waals surface area contributed by atoms with Gasteiger partial charge in [0.1, 0.15) is 0 Å². The maximum absolute atomic E-state index is 12.1. The Morgan fingerprint density at radius 1 is 1.04 bits per heavy atom. The van der Waals surface area contributed by atoms with Crippen molar-refractivity contribution in [2.75, 3.05) is 6.54 Å². The maximum atomic E-state index is 12.1. The molecule has 1 aromatic carbocycles. The molecular formula is C16H17NO5S2. The molecule has 0 unspecified atom stereocenters. The average molecular weight is 367 g/mol. The standard InChI is InChI=1S/C16H17NO5S2/c18-14(7-9-16(19)20)15-8-6-12(23-15)10-11-17-24(21,22)13-4-2-1-3-5-13/h1-6,8,17H,7,9-11H2,(H,19,20). The first kappa shape index (κ1) is 18.3. The Balaban J connectivity index is 1.87. The van der Waals surface area contributed by atoms with Gasteiger partial charge in [0.25, 0.3) is 0 Å². The SMILES string of the molecule is O=C(O)CCC(=O)c1ccc(CCNS(=O)(=O)c2ccccc2)s1. The average Bonchev–Trinajstić information content (AvgIpc) is 3.02. The van der Waals surface area contributed by atoms with Crippen LogP contribution in [0.2, 0.25) is 0 Å². The van der Waals surface area contributed by atoms with Crippen molar-refractivity contribution in [1.82, 2.24) is 4.72 Å². The van der Waals surface area contributed by atoms with Gasteiger partial charge in [-0.15, -0.1) is 11.3 Å². The Labute approximate surface area is 144 Å². The first-order valence-corrected chi connectivity index (χ1v) is 9.57. The number of hydrogen-bond acceptors (Lipinski definition) is 5. The highest BCUT2D eigenvalue weighted by atomic mass is 32.2. The molecule has 2 rings (SSSR count). The highest BCUT2D eigenvalue weighted by Crippen LogP contribution is 2.19. The van der Waals surface area contributed by atoms with Crippen molar-refractivity contribution in [3.05, 3.63) is 52.2 Å². The van der Waals surface area contributed by atoms with E-state index < -0.39 is 16.0 Å². The number of carboxylic acid groups (broad SMARTS) is 1. The van der Waals surface area contributed by atoms with Gasteiger partial charge in [0.2, 0.25) is 10.0 Å². The summed E-state index contributed by atoms with van der Waals surface area (Å²) in [7, 11) is -3.54. The normalized spacial score (nSPS) is 11.3. The van der Waals surface area contributed by atoms with Gasteiger partial charge in [0, 0.05) is 17.8 Å². The molecule has 0 fully saturated rings. The molecule has 0 radical (unpaired) electrons. The molecular weight excluding hydrogens is 350 g/mol. The van der Waals surface area contributed by atoms with Gasteiger partial charge in [-0.2, -0.15) is 0 Å². The van der Waals surface area contributed by atoms with Gasteiger partial charge < -0.3 is 5.11 Å². The van der Waals surface area contributed by atoms with Crippen molar-refractivity contribution >= 4 is 33.1 Å². The van der Waals surface area contributed by atoms with Crippen LogP contribution in [0.5, 0.6) is 0 Å². The minimum absolute atomic E-state index is 0.0318. The monoisotopic (exact) mass is 367 g/mol.